The third-order valence-electron chi connectivity index (χ3n) is 2.84. The van der Waals surface area contributed by atoms with E-state index in [1.807, 2.05) is 0 Å². The van der Waals surface area contributed by atoms with E-state index in [-0.39, 0.29) is 6.42 Å². The Kier molecular flexibility index (Phi) is 6.11. The molecule has 1 aromatic rings. The Morgan fingerprint density at radius 2 is 1.82 bits per heavy atom. The number of benzene rings is 1. The van der Waals surface area contributed by atoms with Crippen LogP contribution in [-0.4, -0.2) is 28.4 Å². The highest BCUT2D eigenvalue weighted by atomic mass is 35.5. The fraction of sp³-hybridized carbons (Fsp3) is 0.438. The summed E-state index contributed by atoms with van der Waals surface area (Å²) in [5.74, 6) is -2.55. The molecule has 0 amide bonds. The number of carbonyl (C=O) groups is 2. The fourth-order valence-electron chi connectivity index (χ4n) is 1.86. The number of aliphatic carboxylic acids is 1. The number of carbonyl (C=O) groups excluding carboxylic acids is 1. The van der Waals surface area contributed by atoms with Crippen molar-refractivity contribution in [3.05, 3.63) is 34.9 Å². The molecule has 0 spiro atoms. The van der Waals surface area contributed by atoms with Crippen LogP contribution < -0.4 is 0 Å². The quantitative estimate of drug-likeness (QED) is 0.620. The average molecular weight is 326 g/mol. The van der Waals surface area contributed by atoms with Crippen molar-refractivity contribution in [2.24, 2.45) is 5.92 Å². The predicted molar refractivity (Wildman–Crippen MR) is 84.5 cm³/mol. The van der Waals surface area contributed by atoms with Crippen molar-refractivity contribution in [2.75, 3.05) is 0 Å². The van der Waals surface area contributed by atoms with Gasteiger partial charge in [-0.15, -0.1) is 0 Å². The molecular formula is C16H20ClNO4. The lowest BCUT2D eigenvalue weighted by molar-refractivity contribution is -0.159. The molecule has 2 N–H and O–H groups in total. The van der Waals surface area contributed by atoms with E-state index in [4.69, 9.17) is 26.9 Å². The molecule has 0 aliphatic heterocycles. The fourth-order valence-corrected chi connectivity index (χ4v) is 1.99. The summed E-state index contributed by atoms with van der Waals surface area (Å²) in [6, 6.07) is 6.94. The smallest absolute Gasteiger partial charge is 0.349 e. The van der Waals surface area contributed by atoms with Crippen LogP contribution in [-0.2, 0) is 20.7 Å². The summed E-state index contributed by atoms with van der Waals surface area (Å²) in [6.45, 7) is 5.23. The van der Waals surface area contributed by atoms with Gasteiger partial charge in [0.1, 0.15) is 11.3 Å². The Hall–Kier alpha value is -1.88. The first-order valence-corrected chi connectivity index (χ1v) is 7.24. The van der Waals surface area contributed by atoms with Crippen molar-refractivity contribution >= 4 is 29.3 Å². The topological polar surface area (TPSA) is 87.5 Å². The summed E-state index contributed by atoms with van der Waals surface area (Å²) in [5.41, 5.74) is -0.343. The second-order valence-electron chi connectivity index (χ2n) is 6.05. The van der Waals surface area contributed by atoms with Gasteiger partial charge in [-0.05, 0) is 44.9 Å². The summed E-state index contributed by atoms with van der Waals surface area (Å²) in [4.78, 5) is 23.1. The zero-order valence-corrected chi connectivity index (χ0v) is 13.6. The Balaban J connectivity index is 2.90. The van der Waals surface area contributed by atoms with Gasteiger partial charge in [0.05, 0.1) is 5.92 Å². The number of carboxylic acids is 1. The van der Waals surface area contributed by atoms with E-state index in [2.05, 4.69) is 0 Å². The summed E-state index contributed by atoms with van der Waals surface area (Å²) >= 11 is 5.82. The Morgan fingerprint density at radius 3 is 2.27 bits per heavy atom. The van der Waals surface area contributed by atoms with Crippen molar-refractivity contribution < 1.29 is 19.4 Å². The maximum atomic E-state index is 12.3. The van der Waals surface area contributed by atoms with Crippen LogP contribution >= 0.6 is 11.6 Å². The Bertz CT molecular complexity index is 561. The van der Waals surface area contributed by atoms with Crippen LogP contribution in [0.4, 0.5) is 0 Å². The van der Waals surface area contributed by atoms with E-state index < -0.39 is 29.2 Å². The molecule has 120 valence electrons. The molecule has 0 aliphatic carbocycles. The van der Waals surface area contributed by atoms with Crippen LogP contribution in [0.3, 0.4) is 0 Å². The summed E-state index contributed by atoms with van der Waals surface area (Å²) in [7, 11) is 0. The minimum Gasteiger partial charge on any atom is -0.477 e. The monoisotopic (exact) mass is 325 g/mol. The van der Waals surface area contributed by atoms with Crippen molar-refractivity contribution in [1.82, 2.24) is 0 Å². The normalized spacial score (nSPS) is 12.5. The SMILES string of the molecule is CC(C)(C)OC(=O)C(CC(=N)C(=O)O)Cc1ccc(Cl)cc1. The molecule has 22 heavy (non-hydrogen) atoms. The molecule has 5 nitrogen and oxygen atoms in total. The van der Waals surface area contributed by atoms with E-state index in [1.165, 1.54) is 0 Å². The second kappa shape index (κ2) is 7.40. The number of ether oxygens (including phenoxy) is 1. The van der Waals surface area contributed by atoms with E-state index >= 15 is 0 Å². The van der Waals surface area contributed by atoms with Crippen LogP contribution in [0.1, 0.15) is 32.8 Å². The van der Waals surface area contributed by atoms with Crippen LogP contribution in [0.15, 0.2) is 24.3 Å². The lowest BCUT2D eigenvalue weighted by Gasteiger charge is -2.24. The predicted octanol–water partition coefficient (Wildman–Crippen LogP) is 3.33. The highest BCUT2D eigenvalue weighted by Crippen LogP contribution is 2.20. The van der Waals surface area contributed by atoms with Gasteiger partial charge in [0.25, 0.3) is 0 Å². The molecule has 1 rings (SSSR count). The van der Waals surface area contributed by atoms with Crippen molar-refractivity contribution in [3.8, 4) is 0 Å². The standard InChI is InChI=1S/C16H20ClNO4/c1-16(2,3)22-15(21)11(9-13(18)14(19)20)8-10-4-6-12(17)7-5-10/h4-7,11,18H,8-9H2,1-3H3,(H,19,20). The van der Waals surface area contributed by atoms with E-state index in [9.17, 15) is 9.59 Å². The summed E-state index contributed by atoms with van der Waals surface area (Å²) < 4.78 is 5.32. The first-order valence-electron chi connectivity index (χ1n) is 6.86. The molecule has 6 heteroatoms. The van der Waals surface area contributed by atoms with Crippen LogP contribution in [0, 0.1) is 11.3 Å². The van der Waals surface area contributed by atoms with Crippen LogP contribution in [0.5, 0.6) is 0 Å². The minimum absolute atomic E-state index is 0.174. The lowest BCUT2D eigenvalue weighted by atomic mass is 9.93. The molecule has 1 unspecified atom stereocenters. The zero-order valence-electron chi connectivity index (χ0n) is 12.9. The second-order valence-corrected chi connectivity index (χ2v) is 6.49. The largest absolute Gasteiger partial charge is 0.477 e. The summed E-state index contributed by atoms with van der Waals surface area (Å²) in [5, 5.41) is 16.9. The van der Waals surface area contributed by atoms with Crippen LogP contribution in [0.25, 0.3) is 0 Å². The number of rotatable bonds is 6. The molecule has 0 bridgehead atoms. The molecule has 1 aromatic carbocycles. The molecule has 0 fully saturated rings. The maximum Gasteiger partial charge on any atom is 0.349 e. The van der Waals surface area contributed by atoms with Gasteiger partial charge in [-0.2, -0.15) is 0 Å². The number of esters is 1. The molecule has 0 heterocycles. The van der Waals surface area contributed by atoms with E-state index in [1.54, 1.807) is 45.0 Å². The Morgan fingerprint density at radius 1 is 1.27 bits per heavy atom. The van der Waals surface area contributed by atoms with Crippen molar-refractivity contribution in [1.29, 1.82) is 5.41 Å². The van der Waals surface area contributed by atoms with Gasteiger partial charge >= 0.3 is 11.9 Å². The summed E-state index contributed by atoms with van der Waals surface area (Å²) in [6.07, 6.45) is 0.120. The van der Waals surface area contributed by atoms with Crippen molar-refractivity contribution in [3.63, 3.8) is 0 Å². The van der Waals surface area contributed by atoms with E-state index in [0.29, 0.717) is 11.4 Å². The minimum atomic E-state index is -1.33. The van der Waals surface area contributed by atoms with Gasteiger partial charge in [0.15, 0.2) is 0 Å². The molecular weight excluding hydrogens is 306 g/mol. The molecule has 0 aliphatic rings. The third-order valence-corrected chi connectivity index (χ3v) is 3.10. The number of hydrogen-bond donors (Lipinski definition) is 2. The number of halogens is 1. The number of nitrogens with one attached hydrogen (secondary N) is 1. The molecule has 0 saturated heterocycles. The van der Waals surface area contributed by atoms with Gasteiger partial charge in [-0.3, -0.25) is 10.2 Å². The van der Waals surface area contributed by atoms with Crippen molar-refractivity contribution in [2.45, 2.75) is 39.2 Å². The molecule has 1 atom stereocenters. The van der Waals surface area contributed by atoms with Gasteiger partial charge < -0.3 is 9.84 Å². The Labute approximate surface area is 134 Å². The first-order chi connectivity index (χ1) is 10.1. The number of carboxylic acid groups (broad SMARTS) is 1. The van der Waals surface area contributed by atoms with Crippen LogP contribution in [0.2, 0.25) is 5.02 Å². The highest BCUT2D eigenvalue weighted by molar-refractivity contribution is 6.34. The van der Waals surface area contributed by atoms with E-state index in [0.717, 1.165) is 5.56 Å². The third kappa shape index (κ3) is 6.26. The zero-order chi connectivity index (χ0) is 16.9. The van der Waals surface area contributed by atoms with Gasteiger partial charge in [-0.25, -0.2) is 4.79 Å². The average Bonchev–Trinajstić information content (AvgIpc) is 2.38. The first kappa shape index (κ1) is 18.2. The molecule has 0 saturated carbocycles. The van der Waals surface area contributed by atoms with Gasteiger partial charge in [0, 0.05) is 11.4 Å². The highest BCUT2D eigenvalue weighted by Gasteiger charge is 2.28. The van der Waals surface area contributed by atoms with Gasteiger partial charge in [0.2, 0.25) is 0 Å². The molecule has 0 aromatic heterocycles. The number of hydrogen-bond acceptors (Lipinski definition) is 4. The lowest BCUT2D eigenvalue weighted by Crippen LogP contribution is -2.32. The molecule has 0 radical (unpaired) electrons. The maximum absolute atomic E-state index is 12.3. The van der Waals surface area contributed by atoms with Gasteiger partial charge in [-0.1, -0.05) is 23.7 Å².